The van der Waals surface area contributed by atoms with E-state index in [4.69, 9.17) is 9.47 Å². The molecule has 0 saturated carbocycles. The van der Waals surface area contributed by atoms with Gasteiger partial charge in [-0.25, -0.2) is 0 Å². The Morgan fingerprint density at radius 3 is 2.28 bits per heavy atom. The average molecular weight is 463 g/mol. The fourth-order valence-corrected chi connectivity index (χ4v) is 2.15. The van der Waals surface area contributed by atoms with Crippen molar-refractivity contribution in [2.24, 2.45) is 4.99 Å². The van der Waals surface area contributed by atoms with Gasteiger partial charge in [-0.3, -0.25) is 4.99 Å². The van der Waals surface area contributed by atoms with Crippen LogP contribution in [0.4, 0.5) is 0 Å². The van der Waals surface area contributed by atoms with E-state index >= 15 is 0 Å². The summed E-state index contributed by atoms with van der Waals surface area (Å²) in [7, 11) is 3.46. The smallest absolute Gasteiger partial charge is 0.191 e. The topological polar surface area (TPSA) is 54.9 Å². The van der Waals surface area contributed by atoms with Gasteiger partial charge >= 0.3 is 0 Å². The molecule has 0 saturated heterocycles. The van der Waals surface area contributed by atoms with Crippen molar-refractivity contribution in [2.45, 2.75) is 39.2 Å². The molecule has 2 N–H and O–H groups in total. The highest BCUT2D eigenvalue weighted by Crippen LogP contribution is 2.22. The lowest BCUT2D eigenvalue weighted by Gasteiger charge is -2.19. The third-order valence-electron chi connectivity index (χ3n) is 3.69. The van der Waals surface area contributed by atoms with Crippen molar-refractivity contribution in [2.75, 3.05) is 40.5 Å². The van der Waals surface area contributed by atoms with Crippen LogP contribution in [-0.2, 0) is 21.4 Å². The van der Waals surface area contributed by atoms with Crippen LogP contribution in [0.2, 0.25) is 0 Å². The fraction of sp³-hybridized carbons (Fsp3) is 0.632. The molecule has 0 aromatic heterocycles. The molecule has 0 fully saturated rings. The van der Waals surface area contributed by atoms with Crippen LogP contribution in [0, 0.1) is 0 Å². The number of nitrogens with one attached hydrogen (secondary N) is 2. The normalized spacial score (nSPS) is 11.8. The summed E-state index contributed by atoms with van der Waals surface area (Å²) in [6, 6.07) is 8.74. The minimum absolute atomic E-state index is 0. The lowest BCUT2D eigenvalue weighted by molar-refractivity contribution is 0.0698. The Morgan fingerprint density at radius 2 is 1.72 bits per heavy atom. The minimum atomic E-state index is 0. The molecule has 0 unspecified atom stereocenters. The highest BCUT2D eigenvalue weighted by Gasteiger charge is 2.12. The predicted octanol–water partition coefficient (Wildman–Crippen LogP) is 3.32. The monoisotopic (exact) mass is 463 g/mol. The van der Waals surface area contributed by atoms with Crippen LogP contribution in [0.3, 0.4) is 0 Å². The number of aliphatic imine (C=N–C) groups is 1. The molecule has 0 atom stereocenters. The second-order valence-electron chi connectivity index (χ2n) is 6.76. The van der Waals surface area contributed by atoms with Crippen LogP contribution < -0.4 is 10.6 Å². The molecule has 0 heterocycles. The molecule has 0 aliphatic rings. The Labute approximate surface area is 170 Å². The molecular formula is C19H34IN3O2. The van der Waals surface area contributed by atoms with Crippen LogP contribution >= 0.6 is 24.0 Å². The molecular weight excluding hydrogens is 429 g/mol. The number of nitrogens with zero attached hydrogens (tertiary/aromatic N) is 1. The van der Waals surface area contributed by atoms with Crippen LogP contribution in [0.1, 0.15) is 38.3 Å². The zero-order valence-corrected chi connectivity index (χ0v) is 18.6. The number of methoxy groups -OCH3 is 1. The van der Waals surface area contributed by atoms with Crippen molar-refractivity contribution >= 4 is 29.9 Å². The van der Waals surface area contributed by atoms with E-state index in [0.29, 0.717) is 13.2 Å². The van der Waals surface area contributed by atoms with E-state index in [0.717, 1.165) is 32.1 Å². The molecule has 1 aromatic rings. The third-order valence-corrected chi connectivity index (χ3v) is 3.69. The SMILES string of the molecule is CN=C(NCCCOCCOC)NCc1ccc(C(C)(C)C)cc1.I. The van der Waals surface area contributed by atoms with E-state index < -0.39 is 0 Å². The van der Waals surface area contributed by atoms with Crippen LogP contribution in [0.25, 0.3) is 0 Å². The Hall–Kier alpha value is -0.860. The summed E-state index contributed by atoms with van der Waals surface area (Å²) in [6.07, 6.45) is 0.935. The Morgan fingerprint density at radius 1 is 1.04 bits per heavy atom. The summed E-state index contributed by atoms with van der Waals surface area (Å²) < 4.78 is 10.4. The third kappa shape index (κ3) is 10.7. The maximum Gasteiger partial charge on any atom is 0.191 e. The number of hydrogen-bond donors (Lipinski definition) is 2. The first-order valence-corrected chi connectivity index (χ1v) is 8.58. The van der Waals surface area contributed by atoms with E-state index in [9.17, 15) is 0 Å². The second kappa shape index (κ2) is 13.4. The Bertz CT molecular complexity index is 484. The second-order valence-corrected chi connectivity index (χ2v) is 6.76. The molecule has 0 aliphatic heterocycles. The number of halogens is 1. The molecule has 0 aliphatic carbocycles. The first-order valence-electron chi connectivity index (χ1n) is 8.58. The minimum Gasteiger partial charge on any atom is -0.382 e. The Balaban J connectivity index is 0.00000576. The van der Waals surface area contributed by atoms with Crippen LogP contribution in [0.5, 0.6) is 0 Å². The molecule has 1 aromatic carbocycles. The number of benzene rings is 1. The van der Waals surface area contributed by atoms with E-state index in [-0.39, 0.29) is 29.4 Å². The zero-order valence-electron chi connectivity index (χ0n) is 16.2. The van der Waals surface area contributed by atoms with Crippen molar-refractivity contribution in [1.29, 1.82) is 0 Å². The van der Waals surface area contributed by atoms with Gasteiger partial charge in [0.2, 0.25) is 0 Å². The molecule has 0 spiro atoms. The average Bonchev–Trinajstić information content (AvgIpc) is 2.56. The van der Waals surface area contributed by atoms with E-state index in [2.05, 4.69) is 60.7 Å². The fourth-order valence-electron chi connectivity index (χ4n) is 2.15. The number of hydrogen-bond acceptors (Lipinski definition) is 3. The van der Waals surface area contributed by atoms with Crippen molar-refractivity contribution in [3.63, 3.8) is 0 Å². The lowest BCUT2D eigenvalue weighted by atomic mass is 9.87. The van der Waals surface area contributed by atoms with Gasteiger partial charge in [0.1, 0.15) is 0 Å². The predicted molar refractivity (Wildman–Crippen MR) is 116 cm³/mol. The first kappa shape index (κ1) is 24.1. The zero-order chi connectivity index (χ0) is 17.8. The van der Waals surface area contributed by atoms with Crippen LogP contribution in [-0.4, -0.2) is 46.5 Å². The van der Waals surface area contributed by atoms with Gasteiger partial charge in [0, 0.05) is 33.9 Å². The van der Waals surface area contributed by atoms with Crippen molar-refractivity contribution in [3.05, 3.63) is 35.4 Å². The van der Waals surface area contributed by atoms with Crippen molar-refractivity contribution in [1.82, 2.24) is 10.6 Å². The van der Waals surface area contributed by atoms with Crippen molar-refractivity contribution < 1.29 is 9.47 Å². The number of ether oxygens (including phenoxy) is 2. The summed E-state index contributed by atoms with van der Waals surface area (Å²) in [6.45, 7) is 10.3. The van der Waals surface area contributed by atoms with E-state index in [1.165, 1.54) is 11.1 Å². The highest BCUT2D eigenvalue weighted by molar-refractivity contribution is 14.0. The summed E-state index contributed by atoms with van der Waals surface area (Å²) in [4.78, 5) is 4.24. The van der Waals surface area contributed by atoms with Gasteiger partial charge in [-0.05, 0) is 23.0 Å². The molecule has 6 heteroatoms. The standard InChI is InChI=1S/C19H33N3O2.HI/c1-19(2,3)17-9-7-16(8-10-17)15-22-18(20-4)21-11-6-12-24-14-13-23-5;/h7-10H,6,11-15H2,1-5H3,(H2,20,21,22);1H. The molecule has 0 bridgehead atoms. The summed E-state index contributed by atoms with van der Waals surface area (Å²) >= 11 is 0. The summed E-state index contributed by atoms with van der Waals surface area (Å²) in [5.41, 5.74) is 2.78. The van der Waals surface area contributed by atoms with Gasteiger partial charge in [0.05, 0.1) is 13.2 Å². The lowest BCUT2D eigenvalue weighted by Crippen LogP contribution is -2.37. The van der Waals surface area contributed by atoms with Gasteiger partial charge in [-0.2, -0.15) is 0 Å². The van der Waals surface area contributed by atoms with Crippen LogP contribution in [0.15, 0.2) is 29.3 Å². The first-order chi connectivity index (χ1) is 11.5. The quantitative estimate of drug-likeness (QED) is 0.255. The molecule has 0 amide bonds. The van der Waals surface area contributed by atoms with Gasteiger partial charge < -0.3 is 20.1 Å². The molecule has 0 radical (unpaired) electrons. The maximum atomic E-state index is 5.43. The van der Waals surface area contributed by atoms with Crippen molar-refractivity contribution in [3.8, 4) is 0 Å². The largest absolute Gasteiger partial charge is 0.382 e. The van der Waals surface area contributed by atoms with E-state index in [1.807, 2.05) is 0 Å². The van der Waals surface area contributed by atoms with Gasteiger partial charge in [0.25, 0.3) is 0 Å². The molecule has 5 nitrogen and oxygen atoms in total. The summed E-state index contributed by atoms with van der Waals surface area (Å²) in [5.74, 6) is 0.812. The summed E-state index contributed by atoms with van der Waals surface area (Å²) in [5, 5.41) is 6.63. The number of rotatable bonds is 9. The van der Waals surface area contributed by atoms with Gasteiger partial charge in [-0.15, -0.1) is 24.0 Å². The maximum absolute atomic E-state index is 5.43. The van der Waals surface area contributed by atoms with Gasteiger partial charge in [0.15, 0.2) is 5.96 Å². The highest BCUT2D eigenvalue weighted by atomic mass is 127. The Kier molecular flexibility index (Phi) is 12.9. The molecule has 144 valence electrons. The molecule has 25 heavy (non-hydrogen) atoms. The van der Waals surface area contributed by atoms with Gasteiger partial charge in [-0.1, -0.05) is 45.0 Å². The number of guanidine groups is 1. The molecule has 1 rings (SSSR count). The van der Waals surface area contributed by atoms with E-state index in [1.54, 1.807) is 14.2 Å².